The van der Waals surface area contributed by atoms with Crippen LogP contribution in [0.25, 0.3) is 0 Å². The molecule has 2 rings (SSSR count). The molecule has 0 bridgehead atoms. The number of amides is 1. The summed E-state index contributed by atoms with van der Waals surface area (Å²) in [6.07, 6.45) is 3.27. The number of aryl methyl sites for hydroxylation is 3. The van der Waals surface area contributed by atoms with Gasteiger partial charge >= 0.3 is 0 Å². The molecule has 1 unspecified atom stereocenters. The highest BCUT2D eigenvalue weighted by Gasteiger charge is 2.25. The summed E-state index contributed by atoms with van der Waals surface area (Å²) < 4.78 is 0. The van der Waals surface area contributed by atoms with Crippen molar-refractivity contribution in [2.45, 2.75) is 46.1 Å². The molecule has 3 heteroatoms. The second-order valence-corrected chi connectivity index (χ2v) is 5.65. The standard InChI is InChI=1S/C16H24N2O/c1-11-9-12(2)15(13(3)10-11)18(4)16(19)14-7-5-6-8-17-14/h9-10,14,17H,5-8H2,1-4H3. The number of carbonyl (C=O) groups excluding carboxylic acids is 1. The zero-order chi connectivity index (χ0) is 14.0. The first-order valence-corrected chi connectivity index (χ1v) is 7.09. The van der Waals surface area contributed by atoms with Crippen LogP contribution in [-0.4, -0.2) is 25.5 Å². The van der Waals surface area contributed by atoms with Crippen LogP contribution < -0.4 is 10.2 Å². The van der Waals surface area contributed by atoms with Crippen molar-refractivity contribution in [1.82, 2.24) is 5.32 Å². The summed E-state index contributed by atoms with van der Waals surface area (Å²) in [6, 6.07) is 4.26. The van der Waals surface area contributed by atoms with Crippen LogP contribution in [0.5, 0.6) is 0 Å². The van der Waals surface area contributed by atoms with E-state index >= 15 is 0 Å². The van der Waals surface area contributed by atoms with E-state index in [4.69, 9.17) is 0 Å². The van der Waals surface area contributed by atoms with Crippen molar-refractivity contribution < 1.29 is 4.79 Å². The Morgan fingerprint density at radius 2 is 1.84 bits per heavy atom. The zero-order valence-electron chi connectivity index (χ0n) is 12.4. The Labute approximate surface area is 116 Å². The van der Waals surface area contributed by atoms with Gasteiger partial charge in [-0.15, -0.1) is 0 Å². The molecule has 1 aromatic rings. The summed E-state index contributed by atoms with van der Waals surface area (Å²) in [5, 5.41) is 3.33. The number of piperidine rings is 1. The van der Waals surface area contributed by atoms with E-state index in [0.29, 0.717) is 0 Å². The van der Waals surface area contributed by atoms with E-state index < -0.39 is 0 Å². The van der Waals surface area contributed by atoms with E-state index in [2.05, 4.69) is 38.2 Å². The maximum Gasteiger partial charge on any atom is 0.243 e. The molecule has 104 valence electrons. The van der Waals surface area contributed by atoms with Gasteiger partial charge < -0.3 is 10.2 Å². The van der Waals surface area contributed by atoms with Gasteiger partial charge in [0.1, 0.15) is 0 Å². The van der Waals surface area contributed by atoms with E-state index in [9.17, 15) is 4.79 Å². The second kappa shape index (κ2) is 5.74. The van der Waals surface area contributed by atoms with Crippen LogP contribution >= 0.6 is 0 Å². The van der Waals surface area contributed by atoms with Crippen molar-refractivity contribution in [3.05, 3.63) is 28.8 Å². The van der Waals surface area contributed by atoms with Gasteiger partial charge in [0.2, 0.25) is 5.91 Å². The molecule has 1 aliphatic rings. The zero-order valence-corrected chi connectivity index (χ0v) is 12.4. The minimum atomic E-state index is -0.0150. The topological polar surface area (TPSA) is 32.3 Å². The lowest BCUT2D eigenvalue weighted by Crippen LogP contribution is -2.47. The summed E-state index contributed by atoms with van der Waals surface area (Å²) in [5.74, 6) is 0.190. The third kappa shape index (κ3) is 2.98. The van der Waals surface area contributed by atoms with Gasteiger partial charge in [-0.3, -0.25) is 4.79 Å². The summed E-state index contributed by atoms with van der Waals surface area (Å²) >= 11 is 0. The van der Waals surface area contributed by atoms with Gasteiger partial charge in [0.05, 0.1) is 6.04 Å². The third-order valence-electron chi connectivity index (χ3n) is 3.91. The van der Waals surface area contributed by atoms with E-state index in [-0.39, 0.29) is 11.9 Å². The van der Waals surface area contributed by atoms with E-state index in [1.807, 2.05) is 11.9 Å². The number of benzene rings is 1. The maximum absolute atomic E-state index is 12.6. The fourth-order valence-electron chi connectivity index (χ4n) is 3.11. The molecule has 0 aliphatic carbocycles. The Morgan fingerprint density at radius 1 is 1.21 bits per heavy atom. The van der Waals surface area contributed by atoms with Gasteiger partial charge in [0, 0.05) is 12.7 Å². The van der Waals surface area contributed by atoms with Crippen molar-refractivity contribution in [3.63, 3.8) is 0 Å². The normalized spacial score (nSPS) is 19.3. The number of nitrogens with one attached hydrogen (secondary N) is 1. The largest absolute Gasteiger partial charge is 0.314 e. The summed E-state index contributed by atoms with van der Waals surface area (Å²) in [4.78, 5) is 14.4. The van der Waals surface area contributed by atoms with Crippen molar-refractivity contribution >= 4 is 11.6 Å². The number of nitrogens with zero attached hydrogens (tertiary/aromatic N) is 1. The summed E-state index contributed by atoms with van der Waals surface area (Å²) in [5.41, 5.74) is 4.65. The molecule has 0 radical (unpaired) electrons. The number of rotatable bonds is 2. The minimum Gasteiger partial charge on any atom is -0.314 e. The number of anilines is 1. The molecular weight excluding hydrogens is 236 g/mol. The fourth-order valence-corrected chi connectivity index (χ4v) is 3.11. The Bertz CT molecular complexity index is 453. The molecule has 0 saturated carbocycles. The lowest BCUT2D eigenvalue weighted by Gasteiger charge is -2.29. The molecule has 1 saturated heterocycles. The first kappa shape index (κ1) is 14.1. The van der Waals surface area contributed by atoms with Crippen LogP contribution in [0, 0.1) is 20.8 Å². The number of carbonyl (C=O) groups is 1. The highest BCUT2D eigenvalue weighted by molar-refractivity contribution is 5.98. The predicted octanol–water partition coefficient (Wildman–Crippen LogP) is 2.72. The molecule has 0 spiro atoms. The maximum atomic E-state index is 12.6. The van der Waals surface area contributed by atoms with Crippen LogP contribution in [0.3, 0.4) is 0 Å². The van der Waals surface area contributed by atoms with Gasteiger partial charge in [-0.25, -0.2) is 0 Å². The average molecular weight is 260 g/mol. The van der Waals surface area contributed by atoms with Crippen LogP contribution in [0.4, 0.5) is 5.69 Å². The highest BCUT2D eigenvalue weighted by Crippen LogP contribution is 2.26. The predicted molar refractivity (Wildman–Crippen MR) is 79.7 cm³/mol. The Balaban J connectivity index is 2.23. The third-order valence-corrected chi connectivity index (χ3v) is 3.91. The Kier molecular flexibility index (Phi) is 4.25. The van der Waals surface area contributed by atoms with Crippen LogP contribution in [-0.2, 0) is 4.79 Å². The van der Waals surface area contributed by atoms with Gasteiger partial charge in [0.25, 0.3) is 0 Å². The summed E-state index contributed by atoms with van der Waals surface area (Å²) in [6.45, 7) is 7.20. The highest BCUT2D eigenvalue weighted by atomic mass is 16.2. The van der Waals surface area contributed by atoms with Crippen LogP contribution in [0.2, 0.25) is 0 Å². The molecular formula is C16H24N2O. The summed E-state index contributed by atoms with van der Waals surface area (Å²) in [7, 11) is 1.89. The molecule has 1 fully saturated rings. The average Bonchev–Trinajstić information content (AvgIpc) is 2.37. The van der Waals surface area contributed by atoms with Crippen LogP contribution in [0.1, 0.15) is 36.0 Å². The molecule has 1 N–H and O–H groups in total. The SMILES string of the molecule is Cc1cc(C)c(N(C)C(=O)C2CCCCN2)c(C)c1. The smallest absolute Gasteiger partial charge is 0.243 e. The first-order valence-electron chi connectivity index (χ1n) is 7.09. The monoisotopic (exact) mass is 260 g/mol. The lowest BCUT2D eigenvalue weighted by molar-refractivity contribution is -0.120. The van der Waals surface area contributed by atoms with Crippen LogP contribution in [0.15, 0.2) is 12.1 Å². The Hall–Kier alpha value is -1.35. The van der Waals surface area contributed by atoms with E-state index in [1.165, 1.54) is 23.1 Å². The van der Waals surface area contributed by atoms with Gasteiger partial charge in [-0.1, -0.05) is 24.1 Å². The molecule has 3 nitrogen and oxygen atoms in total. The van der Waals surface area contributed by atoms with Crippen molar-refractivity contribution in [3.8, 4) is 0 Å². The molecule has 1 aliphatic heterocycles. The number of likely N-dealkylation sites (N-methyl/N-ethyl adjacent to an activating group) is 1. The lowest BCUT2D eigenvalue weighted by atomic mass is 10.0. The number of hydrogen-bond donors (Lipinski definition) is 1. The number of hydrogen-bond acceptors (Lipinski definition) is 2. The van der Waals surface area contributed by atoms with Crippen molar-refractivity contribution in [1.29, 1.82) is 0 Å². The van der Waals surface area contributed by atoms with E-state index in [0.717, 1.165) is 25.1 Å². The van der Waals surface area contributed by atoms with Gasteiger partial charge in [-0.05, 0) is 51.3 Å². The molecule has 1 atom stereocenters. The van der Waals surface area contributed by atoms with Crippen molar-refractivity contribution in [2.75, 3.05) is 18.5 Å². The quantitative estimate of drug-likeness (QED) is 0.886. The molecule has 1 amide bonds. The molecule has 19 heavy (non-hydrogen) atoms. The first-order chi connectivity index (χ1) is 9.00. The van der Waals surface area contributed by atoms with Gasteiger partial charge in [-0.2, -0.15) is 0 Å². The van der Waals surface area contributed by atoms with Gasteiger partial charge in [0.15, 0.2) is 0 Å². The molecule has 0 aromatic heterocycles. The second-order valence-electron chi connectivity index (χ2n) is 5.65. The molecule has 1 aromatic carbocycles. The fraction of sp³-hybridized carbons (Fsp3) is 0.562. The van der Waals surface area contributed by atoms with Crippen molar-refractivity contribution in [2.24, 2.45) is 0 Å². The minimum absolute atomic E-state index is 0.0150. The van der Waals surface area contributed by atoms with E-state index in [1.54, 1.807) is 0 Å². The Morgan fingerprint density at radius 3 is 2.37 bits per heavy atom. The molecule has 1 heterocycles.